The number of aryl methyl sites for hydroxylation is 1. The third-order valence-electron chi connectivity index (χ3n) is 4.41. The zero-order valence-electron chi connectivity index (χ0n) is 15.7. The minimum Gasteiger partial charge on any atom is -0.492 e. The molecule has 0 atom stereocenters. The predicted octanol–water partition coefficient (Wildman–Crippen LogP) is 2.87. The highest BCUT2D eigenvalue weighted by Gasteiger charge is 2.16. The van der Waals surface area contributed by atoms with Crippen molar-refractivity contribution in [2.45, 2.75) is 11.8 Å². The lowest BCUT2D eigenvalue weighted by molar-refractivity contribution is 0.0946. The van der Waals surface area contributed by atoms with Crippen molar-refractivity contribution >= 4 is 26.7 Å². The second-order valence-electron chi connectivity index (χ2n) is 6.30. The molecule has 0 bridgehead atoms. The summed E-state index contributed by atoms with van der Waals surface area (Å²) in [7, 11) is -2.27. The van der Waals surface area contributed by atoms with E-state index in [1.807, 2.05) is 42.5 Å². The standard InChI is InChI=1S/C21H22N2O4S/c1-15-7-10-19(28(25,26)22-2)14-20(15)21(24)23-11-12-27-18-9-8-16-5-3-4-6-17(16)13-18/h3-10,13-14,22H,11-12H2,1-2H3,(H,23,24). The topological polar surface area (TPSA) is 84.5 Å². The lowest BCUT2D eigenvalue weighted by Gasteiger charge is -2.11. The van der Waals surface area contributed by atoms with Gasteiger partial charge in [-0.3, -0.25) is 4.79 Å². The van der Waals surface area contributed by atoms with Gasteiger partial charge in [0.15, 0.2) is 0 Å². The van der Waals surface area contributed by atoms with Crippen LogP contribution in [0.4, 0.5) is 0 Å². The van der Waals surface area contributed by atoms with Gasteiger partial charge in [0.25, 0.3) is 5.91 Å². The van der Waals surface area contributed by atoms with Crippen LogP contribution in [0.15, 0.2) is 65.6 Å². The van der Waals surface area contributed by atoms with E-state index in [2.05, 4.69) is 10.0 Å². The van der Waals surface area contributed by atoms with E-state index >= 15 is 0 Å². The first kappa shape index (κ1) is 19.9. The van der Waals surface area contributed by atoms with Gasteiger partial charge in [-0.15, -0.1) is 0 Å². The molecule has 0 aromatic heterocycles. The Morgan fingerprint density at radius 3 is 2.50 bits per heavy atom. The molecule has 0 saturated carbocycles. The lowest BCUT2D eigenvalue weighted by Crippen LogP contribution is -2.29. The molecule has 0 radical (unpaired) electrons. The first-order valence-corrected chi connectivity index (χ1v) is 10.3. The summed E-state index contributed by atoms with van der Waals surface area (Å²) in [6.45, 7) is 2.36. The Labute approximate surface area is 164 Å². The quantitative estimate of drug-likeness (QED) is 0.600. The minimum absolute atomic E-state index is 0.0539. The molecule has 0 fully saturated rings. The molecule has 6 nitrogen and oxygen atoms in total. The molecule has 1 amide bonds. The van der Waals surface area contributed by atoms with Crippen molar-refractivity contribution in [3.05, 3.63) is 71.8 Å². The van der Waals surface area contributed by atoms with Crippen molar-refractivity contribution < 1.29 is 17.9 Å². The van der Waals surface area contributed by atoms with Gasteiger partial charge in [-0.25, -0.2) is 13.1 Å². The Hall–Kier alpha value is -2.90. The van der Waals surface area contributed by atoms with Crippen LogP contribution in [0, 0.1) is 6.92 Å². The number of carbonyl (C=O) groups is 1. The maximum Gasteiger partial charge on any atom is 0.251 e. The largest absolute Gasteiger partial charge is 0.492 e. The molecule has 0 aliphatic carbocycles. The van der Waals surface area contributed by atoms with Crippen LogP contribution in [0.1, 0.15) is 15.9 Å². The zero-order chi connectivity index (χ0) is 20.1. The Morgan fingerprint density at radius 1 is 1.00 bits per heavy atom. The second-order valence-corrected chi connectivity index (χ2v) is 8.18. The smallest absolute Gasteiger partial charge is 0.251 e. The summed E-state index contributed by atoms with van der Waals surface area (Å²) in [5.74, 6) is 0.388. The fraction of sp³-hybridized carbons (Fsp3) is 0.190. The van der Waals surface area contributed by atoms with E-state index in [0.717, 1.165) is 16.5 Å². The van der Waals surface area contributed by atoms with E-state index in [1.165, 1.54) is 19.2 Å². The Balaban J connectivity index is 1.60. The number of hydrogen-bond donors (Lipinski definition) is 2. The highest BCUT2D eigenvalue weighted by Crippen LogP contribution is 2.20. The summed E-state index contributed by atoms with van der Waals surface area (Å²) in [6, 6.07) is 18.3. The molecule has 3 aromatic rings. The number of ether oxygens (including phenoxy) is 1. The molecule has 0 aliphatic heterocycles. The summed E-state index contributed by atoms with van der Waals surface area (Å²) in [6.07, 6.45) is 0. The van der Waals surface area contributed by atoms with E-state index in [4.69, 9.17) is 4.74 Å². The van der Waals surface area contributed by atoms with E-state index in [-0.39, 0.29) is 10.8 Å². The molecule has 0 unspecified atom stereocenters. The summed E-state index contributed by atoms with van der Waals surface area (Å²) in [4.78, 5) is 12.5. The molecule has 28 heavy (non-hydrogen) atoms. The first-order valence-electron chi connectivity index (χ1n) is 8.85. The van der Waals surface area contributed by atoms with Crippen LogP contribution in [0.3, 0.4) is 0 Å². The Morgan fingerprint density at radius 2 is 1.75 bits per heavy atom. The van der Waals surface area contributed by atoms with Gasteiger partial charge >= 0.3 is 0 Å². The van der Waals surface area contributed by atoms with Crippen molar-refractivity contribution in [3.63, 3.8) is 0 Å². The summed E-state index contributed by atoms with van der Waals surface area (Å²) in [5, 5.41) is 4.98. The van der Waals surface area contributed by atoms with Crippen LogP contribution in [-0.2, 0) is 10.0 Å². The number of carbonyl (C=O) groups excluding carboxylic acids is 1. The Bertz CT molecular complexity index is 1110. The number of nitrogens with one attached hydrogen (secondary N) is 2. The SMILES string of the molecule is CNS(=O)(=O)c1ccc(C)c(C(=O)NCCOc2ccc3ccccc3c2)c1. The first-order chi connectivity index (χ1) is 13.4. The molecule has 3 rings (SSSR count). The molecule has 0 aliphatic rings. The van der Waals surface area contributed by atoms with Gasteiger partial charge in [0, 0.05) is 5.56 Å². The number of fused-ring (bicyclic) bond motifs is 1. The van der Waals surface area contributed by atoms with Crippen LogP contribution in [0.25, 0.3) is 10.8 Å². The molecular weight excluding hydrogens is 376 g/mol. The summed E-state index contributed by atoms with van der Waals surface area (Å²) in [5.41, 5.74) is 1.02. The van der Waals surface area contributed by atoms with E-state index < -0.39 is 10.0 Å². The number of benzene rings is 3. The van der Waals surface area contributed by atoms with Crippen LogP contribution in [0.2, 0.25) is 0 Å². The number of rotatable bonds is 7. The molecule has 2 N–H and O–H groups in total. The average molecular weight is 398 g/mol. The number of amides is 1. The normalized spacial score (nSPS) is 11.4. The minimum atomic E-state index is -3.60. The van der Waals surface area contributed by atoms with Gasteiger partial charge < -0.3 is 10.1 Å². The average Bonchev–Trinajstić information content (AvgIpc) is 2.71. The van der Waals surface area contributed by atoms with E-state index in [9.17, 15) is 13.2 Å². The molecule has 3 aromatic carbocycles. The monoisotopic (exact) mass is 398 g/mol. The molecule has 146 valence electrons. The van der Waals surface area contributed by atoms with Crippen molar-refractivity contribution in [1.29, 1.82) is 0 Å². The summed E-state index contributed by atoms with van der Waals surface area (Å²) >= 11 is 0. The van der Waals surface area contributed by atoms with Crippen LogP contribution in [-0.4, -0.2) is 34.5 Å². The molecule has 0 spiro atoms. The van der Waals surface area contributed by atoms with Gasteiger partial charge in [0.2, 0.25) is 10.0 Å². The van der Waals surface area contributed by atoms with Crippen molar-refractivity contribution in [1.82, 2.24) is 10.0 Å². The van der Waals surface area contributed by atoms with Gasteiger partial charge in [0.1, 0.15) is 12.4 Å². The van der Waals surface area contributed by atoms with Gasteiger partial charge in [0.05, 0.1) is 11.4 Å². The van der Waals surface area contributed by atoms with Crippen molar-refractivity contribution in [3.8, 4) is 5.75 Å². The molecule has 0 heterocycles. The zero-order valence-corrected chi connectivity index (χ0v) is 16.5. The fourth-order valence-electron chi connectivity index (χ4n) is 2.82. The van der Waals surface area contributed by atoms with E-state index in [0.29, 0.717) is 24.3 Å². The molecule has 0 saturated heterocycles. The van der Waals surface area contributed by atoms with Crippen LogP contribution >= 0.6 is 0 Å². The number of sulfonamides is 1. The van der Waals surface area contributed by atoms with Crippen molar-refractivity contribution in [2.24, 2.45) is 0 Å². The lowest BCUT2D eigenvalue weighted by atomic mass is 10.1. The highest BCUT2D eigenvalue weighted by atomic mass is 32.2. The van der Waals surface area contributed by atoms with Gasteiger partial charge in [-0.1, -0.05) is 36.4 Å². The Kier molecular flexibility index (Phi) is 5.96. The van der Waals surface area contributed by atoms with Crippen LogP contribution in [0.5, 0.6) is 5.75 Å². The second kappa shape index (κ2) is 8.41. The van der Waals surface area contributed by atoms with Crippen LogP contribution < -0.4 is 14.8 Å². The third-order valence-corrected chi connectivity index (χ3v) is 5.82. The maximum absolute atomic E-state index is 12.4. The maximum atomic E-state index is 12.4. The number of hydrogen-bond acceptors (Lipinski definition) is 4. The summed E-state index contributed by atoms with van der Waals surface area (Å²) < 4.78 is 31.8. The molecule has 7 heteroatoms. The molecular formula is C21H22N2O4S. The highest BCUT2D eigenvalue weighted by molar-refractivity contribution is 7.89. The van der Waals surface area contributed by atoms with Gasteiger partial charge in [-0.05, 0) is 54.6 Å². The van der Waals surface area contributed by atoms with Crippen molar-refractivity contribution in [2.75, 3.05) is 20.2 Å². The predicted molar refractivity (Wildman–Crippen MR) is 109 cm³/mol. The van der Waals surface area contributed by atoms with E-state index in [1.54, 1.807) is 13.0 Å². The fourth-order valence-corrected chi connectivity index (χ4v) is 3.57. The third kappa shape index (κ3) is 4.49. The van der Waals surface area contributed by atoms with Gasteiger partial charge in [-0.2, -0.15) is 0 Å².